The predicted molar refractivity (Wildman–Crippen MR) is 59.8 cm³/mol. The van der Waals surface area contributed by atoms with Gasteiger partial charge in [0.2, 0.25) is 0 Å². The number of methoxy groups -OCH3 is 1. The average Bonchev–Trinajstić information content (AvgIpc) is 2.18. The fraction of sp³-hybridized carbons (Fsp3) is 0.889. The van der Waals surface area contributed by atoms with Crippen molar-refractivity contribution < 1.29 is 9.53 Å². The second kappa shape index (κ2) is 4.59. The van der Waals surface area contributed by atoms with Gasteiger partial charge >= 0.3 is 5.97 Å². The van der Waals surface area contributed by atoms with Gasteiger partial charge in [-0.3, -0.25) is 4.79 Å². The van der Waals surface area contributed by atoms with Gasteiger partial charge in [0, 0.05) is 10.5 Å². The van der Waals surface area contributed by atoms with Crippen molar-refractivity contribution in [1.82, 2.24) is 0 Å². The van der Waals surface area contributed by atoms with E-state index in [9.17, 15) is 4.79 Å². The molecule has 0 amide bonds. The summed E-state index contributed by atoms with van der Waals surface area (Å²) in [5, 5.41) is 0. The molecule has 0 heterocycles. The summed E-state index contributed by atoms with van der Waals surface area (Å²) in [7, 11) is 1.46. The second-order valence-electron chi connectivity index (χ2n) is 3.74. The number of nitrogens with two attached hydrogens (primary N) is 1. The van der Waals surface area contributed by atoms with Gasteiger partial charge < -0.3 is 10.5 Å². The number of carbonyl (C=O) groups excluding carboxylic acids is 1. The molecule has 0 spiro atoms. The van der Waals surface area contributed by atoms with Crippen molar-refractivity contribution in [3.8, 4) is 0 Å². The SMILES string of the molecule is COC(=O)C1(CI)CCC(N)CC1. The summed E-state index contributed by atoms with van der Waals surface area (Å²) in [6, 6.07) is 0.278. The van der Waals surface area contributed by atoms with Gasteiger partial charge in [0.1, 0.15) is 0 Å². The van der Waals surface area contributed by atoms with Crippen LogP contribution in [0.5, 0.6) is 0 Å². The Kier molecular flexibility index (Phi) is 3.97. The molecule has 0 aromatic rings. The van der Waals surface area contributed by atoms with E-state index in [0.29, 0.717) is 0 Å². The standard InChI is InChI=1S/C9H16INO2/c1-13-8(12)9(6-10)4-2-7(11)3-5-9/h7H,2-6,11H2,1H3. The Labute approximate surface area is 92.5 Å². The molecular formula is C9H16INO2. The highest BCUT2D eigenvalue weighted by Gasteiger charge is 2.41. The first-order valence-corrected chi connectivity index (χ1v) is 6.07. The Bertz CT molecular complexity index is 188. The van der Waals surface area contributed by atoms with Crippen LogP contribution in [0.1, 0.15) is 25.7 Å². The maximum Gasteiger partial charge on any atom is 0.312 e. The lowest BCUT2D eigenvalue weighted by molar-refractivity contribution is -0.153. The molecule has 0 aliphatic heterocycles. The van der Waals surface area contributed by atoms with E-state index in [2.05, 4.69) is 22.6 Å². The molecule has 2 N–H and O–H groups in total. The van der Waals surface area contributed by atoms with Crippen LogP contribution in [0.3, 0.4) is 0 Å². The Balaban J connectivity index is 2.65. The molecule has 76 valence electrons. The highest BCUT2D eigenvalue weighted by atomic mass is 127. The van der Waals surface area contributed by atoms with Crippen LogP contribution in [0.4, 0.5) is 0 Å². The van der Waals surface area contributed by atoms with E-state index >= 15 is 0 Å². The fourth-order valence-corrected chi connectivity index (χ4v) is 2.88. The number of alkyl halides is 1. The molecule has 1 saturated carbocycles. The quantitative estimate of drug-likeness (QED) is 0.477. The minimum absolute atomic E-state index is 0.0613. The molecule has 1 rings (SSSR count). The predicted octanol–water partition coefficient (Wildman–Crippen LogP) is 1.48. The molecule has 0 bridgehead atoms. The number of rotatable bonds is 2. The fourth-order valence-electron chi connectivity index (χ4n) is 1.80. The highest BCUT2D eigenvalue weighted by molar-refractivity contribution is 14.1. The van der Waals surface area contributed by atoms with E-state index in [4.69, 9.17) is 10.5 Å². The lowest BCUT2D eigenvalue weighted by atomic mass is 9.74. The van der Waals surface area contributed by atoms with Crippen LogP contribution in [-0.2, 0) is 9.53 Å². The van der Waals surface area contributed by atoms with Gasteiger partial charge in [0.25, 0.3) is 0 Å². The van der Waals surface area contributed by atoms with E-state index < -0.39 is 0 Å². The lowest BCUT2D eigenvalue weighted by Gasteiger charge is -2.35. The molecule has 0 saturated heterocycles. The van der Waals surface area contributed by atoms with Crippen LogP contribution in [0.15, 0.2) is 0 Å². The molecule has 4 heteroatoms. The number of esters is 1. The Morgan fingerprint density at radius 1 is 1.62 bits per heavy atom. The second-order valence-corrected chi connectivity index (χ2v) is 4.51. The smallest absolute Gasteiger partial charge is 0.312 e. The molecule has 3 nitrogen and oxygen atoms in total. The Morgan fingerprint density at radius 2 is 2.15 bits per heavy atom. The van der Waals surface area contributed by atoms with Crippen LogP contribution < -0.4 is 5.73 Å². The number of carbonyl (C=O) groups is 1. The maximum atomic E-state index is 11.6. The van der Waals surface area contributed by atoms with Crippen molar-refractivity contribution in [3.63, 3.8) is 0 Å². The molecule has 1 aliphatic carbocycles. The largest absolute Gasteiger partial charge is 0.469 e. The van der Waals surface area contributed by atoms with Gasteiger partial charge in [-0.25, -0.2) is 0 Å². The van der Waals surface area contributed by atoms with Crippen molar-refractivity contribution >= 4 is 28.6 Å². The third-order valence-electron chi connectivity index (χ3n) is 2.86. The minimum atomic E-state index is -0.245. The molecule has 0 aromatic carbocycles. The topological polar surface area (TPSA) is 52.3 Å². The van der Waals surface area contributed by atoms with E-state index in [1.165, 1.54) is 7.11 Å². The zero-order chi connectivity index (χ0) is 9.90. The Morgan fingerprint density at radius 3 is 2.54 bits per heavy atom. The monoisotopic (exact) mass is 297 g/mol. The molecule has 0 radical (unpaired) electrons. The summed E-state index contributed by atoms with van der Waals surface area (Å²) in [6.45, 7) is 0. The van der Waals surface area contributed by atoms with Crippen LogP contribution in [-0.4, -0.2) is 23.5 Å². The normalized spacial score (nSPS) is 34.2. The van der Waals surface area contributed by atoms with Gasteiger partial charge in [-0.05, 0) is 25.7 Å². The van der Waals surface area contributed by atoms with E-state index in [1.54, 1.807) is 0 Å². The lowest BCUT2D eigenvalue weighted by Crippen LogP contribution is -2.41. The minimum Gasteiger partial charge on any atom is -0.469 e. The van der Waals surface area contributed by atoms with E-state index in [1.807, 2.05) is 0 Å². The van der Waals surface area contributed by atoms with Gasteiger partial charge in [-0.1, -0.05) is 22.6 Å². The molecular weight excluding hydrogens is 281 g/mol. The van der Waals surface area contributed by atoms with Gasteiger partial charge in [-0.15, -0.1) is 0 Å². The van der Waals surface area contributed by atoms with Crippen molar-refractivity contribution in [3.05, 3.63) is 0 Å². The van der Waals surface area contributed by atoms with E-state index in [-0.39, 0.29) is 17.4 Å². The van der Waals surface area contributed by atoms with E-state index in [0.717, 1.165) is 30.1 Å². The van der Waals surface area contributed by atoms with Crippen molar-refractivity contribution in [2.24, 2.45) is 11.1 Å². The van der Waals surface area contributed by atoms with Crippen LogP contribution >= 0.6 is 22.6 Å². The summed E-state index contributed by atoms with van der Waals surface area (Å²) in [5.41, 5.74) is 5.55. The molecule has 0 unspecified atom stereocenters. The van der Waals surface area contributed by atoms with Crippen LogP contribution in [0.2, 0.25) is 0 Å². The van der Waals surface area contributed by atoms with Crippen molar-refractivity contribution in [2.45, 2.75) is 31.7 Å². The Hall–Kier alpha value is 0.160. The van der Waals surface area contributed by atoms with Crippen LogP contribution in [0, 0.1) is 5.41 Å². The molecule has 1 aliphatic rings. The summed E-state index contributed by atoms with van der Waals surface area (Å²) in [6.07, 6.45) is 3.64. The van der Waals surface area contributed by atoms with Gasteiger partial charge in [-0.2, -0.15) is 0 Å². The first kappa shape index (κ1) is 11.2. The average molecular weight is 297 g/mol. The molecule has 0 atom stereocenters. The number of halogens is 1. The third-order valence-corrected chi connectivity index (χ3v) is 4.32. The number of ether oxygens (including phenoxy) is 1. The molecule has 0 aromatic heterocycles. The number of hydrogen-bond donors (Lipinski definition) is 1. The zero-order valence-electron chi connectivity index (χ0n) is 7.88. The van der Waals surface area contributed by atoms with Crippen LogP contribution in [0.25, 0.3) is 0 Å². The van der Waals surface area contributed by atoms with Gasteiger partial charge in [0.05, 0.1) is 12.5 Å². The summed E-state index contributed by atoms with van der Waals surface area (Å²) < 4.78 is 5.67. The zero-order valence-corrected chi connectivity index (χ0v) is 10.0. The van der Waals surface area contributed by atoms with Gasteiger partial charge in [0.15, 0.2) is 0 Å². The summed E-state index contributed by atoms with van der Waals surface area (Å²) in [5.74, 6) is -0.0613. The first-order valence-electron chi connectivity index (χ1n) is 4.54. The third kappa shape index (κ3) is 2.34. The first-order chi connectivity index (χ1) is 6.14. The number of hydrogen-bond acceptors (Lipinski definition) is 3. The van der Waals surface area contributed by atoms with Crippen molar-refractivity contribution in [1.29, 1.82) is 0 Å². The molecule has 13 heavy (non-hydrogen) atoms. The van der Waals surface area contributed by atoms with Crippen molar-refractivity contribution in [2.75, 3.05) is 11.5 Å². The molecule has 1 fully saturated rings. The highest BCUT2D eigenvalue weighted by Crippen LogP contribution is 2.38. The summed E-state index contributed by atoms with van der Waals surface area (Å²) >= 11 is 2.26. The maximum absolute atomic E-state index is 11.6. The summed E-state index contributed by atoms with van der Waals surface area (Å²) in [4.78, 5) is 11.6.